The molecule has 2 heterocycles. The van der Waals surface area contributed by atoms with Crippen molar-refractivity contribution in [3.05, 3.63) is 97.1 Å². The smallest absolute Gasteiger partial charge is 0.278 e. The Kier molecular flexibility index (Phi) is 5.98. The Morgan fingerprint density at radius 2 is 0.824 bits per heavy atom. The molecule has 0 fully saturated rings. The zero-order valence-corrected chi connectivity index (χ0v) is 21.0. The van der Waals surface area contributed by atoms with Crippen molar-refractivity contribution in [1.82, 2.24) is 0 Å². The second kappa shape index (κ2) is 8.95. The number of benzene rings is 4. The average Bonchev–Trinajstić information content (AvgIpc) is 2.89. The molecule has 4 nitrogen and oxygen atoms in total. The van der Waals surface area contributed by atoms with E-state index < -0.39 is 14.7 Å². The van der Waals surface area contributed by atoms with E-state index in [2.05, 4.69) is 0 Å². The van der Waals surface area contributed by atoms with Crippen LogP contribution in [0.25, 0.3) is 22.3 Å². The summed E-state index contributed by atoms with van der Waals surface area (Å²) in [6.45, 7) is 4.00. The molecule has 6 heteroatoms. The Morgan fingerprint density at radius 3 is 1.24 bits per heavy atom. The van der Waals surface area contributed by atoms with Gasteiger partial charge in [-0.1, -0.05) is 86.6 Å². The highest BCUT2D eigenvalue weighted by Gasteiger charge is 2.41. The van der Waals surface area contributed by atoms with Crippen molar-refractivity contribution in [3.63, 3.8) is 0 Å². The van der Waals surface area contributed by atoms with E-state index in [0.717, 1.165) is 22.3 Å². The van der Waals surface area contributed by atoms with E-state index in [9.17, 15) is 9.13 Å². The molecule has 6 rings (SSSR count). The van der Waals surface area contributed by atoms with Crippen LogP contribution in [0.4, 0.5) is 0 Å². The molecular formula is C28H26O4P2. The van der Waals surface area contributed by atoms with Crippen LogP contribution >= 0.6 is 14.7 Å². The van der Waals surface area contributed by atoms with Gasteiger partial charge in [0, 0.05) is 23.5 Å². The van der Waals surface area contributed by atoms with Crippen LogP contribution in [0.3, 0.4) is 0 Å². The topological polar surface area (TPSA) is 52.6 Å². The maximum atomic E-state index is 14.2. The van der Waals surface area contributed by atoms with Crippen molar-refractivity contribution in [1.29, 1.82) is 0 Å². The van der Waals surface area contributed by atoms with Gasteiger partial charge < -0.3 is 9.05 Å². The first-order chi connectivity index (χ1) is 16.6. The number of hydrogen-bond donors (Lipinski definition) is 0. The Balaban J connectivity index is 0.00000117. The van der Waals surface area contributed by atoms with E-state index in [1.807, 2.05) is 111 Å². The van der Waals surface area contributed by atoms with Gasteiger partial charge in [-0.3, -0.25) is 9.13 Å². The van der Waals surface area contributed by atoms with Crippen LogP contribution in [0.15, 0.2) is 97.1 Å². The van der Waals surface area contributed by atoms with Gasteiger partial charge in [0.05, 0.1) is 10.6 Å². The molecule has 0 aliphatic carbocycles. The third kappa shape index (κ3) is 3.72. The van der Waals surface area contributed by atoms with Crippen LogP contribution in [0.1, 0.15) is 13.8 Å². The minimum atomic E-state index is -3.29. The quantitative estimate of drug-likeness (QED) is 0.283. The molecule has 0 bridgehead atoms. The summed E-state index contributed by atoms with van der Waals surface area (Å²) in [4.78, 5) is 0. The molecule has 2 atom stereocenters. The highest BCUT2D eigenvalue weighted by atomic mass is 31.2. The molecule has 0 N–H and O–H groups in total. The molecule has 4 aromatic rings. The van der Waals surface area contributed by atoms with Gasteiger partial charge in [-0.05, 0) is 35.4 Å². The van der Waals surface area contributed by atoms with Gasteiger partial charge in [0.25, 0.3) is 14.7 Å². The zero-order valence-electron chi connectivity index (χ0n) is 19.2. The summed E-state index contributed by atoms with van der Waals surface area (Å²) in [5.41, 5.74) is 3.67. The molecule has 4 aromatic carbocycles. The Hall–Kier alpha value is -3.06. The van der Waals surface area contributed by atoms with Crippen LogP contribution in [0, 0.1) is 0 Å². The fourth-order valence-electron chi connectivity index (χ4n) is 4.55. The van der Waals surface area contributed by atoms with Gasteiger partial charge in [-0.2, -0.15) is 0 Å². The minimum Gasteiger partial charge on any atom is -0.439 e. The minimum absolute atomic E-state index is 0.131. The van der Waals surface area contributed by atoms with Crippen molar-refractivity contribution in [2.75, 3.05) is 12.3 Å². The summed E-state index contributed by atoms with van der Waals surface area (Å²) in [6.07, 6.45) is 0.262. The van der Waals surface area contributed by atoms with Crippen molar-refractivity contribution < 1.29 is 18.2 Å². The van der Waals surface area contributed by atoms with Crippen LogP contribution in [0.2, 0.25) is 0 Å². The van der Waals surface area contributed by atoms with Crippen LogP contribution in [0.5, 0.6) is 11.5 Å². The van der Waals surface area contributed by atoms with Gasteiger partial charge >= 0.3 is 0 Å². The molecular weight excluding hydrogens is 462 g/mol. The van der Waals surface area contributed by atoms with E-state index in [1.54, 1.807) is 0 Å². The monoisotopic (exact) mass is 488 g/mol. The average molecular weight is 488 g/mol. The standard InChI is InChI=1S/C26H20O4P2.C2H6/c27-31(25-15-7-3-11-21(25)19-9-1-5-13-23(19)29-31)17-18-32(28)26-16-8-4-12-22(26)20-10-2-6-14-24(20)30-32;1-2/h1-16H,17-18H2;1-2H3. The molecule has 0 aromatic heterocycles. The fraction of sp³-hybridized carbons (Fsp3) is 0.143. The number of para-hydroxylation sites is 2. The van der Waals surface area contributed by atoms with E-state index in [-0.39, 0.29) is 12.3 Å². The molecule has 0 spiro atoms. The predicted molar refractivity (Wildman–Crippen MR) is 141 cm³/mol. The first-order valence-electron chi connectivity index (χ1n) is 11.5. The summed E-state index contributed by atoms with van der Waals surface area (Å²) in [7, 11) is -6.59. The van der Waals surface area contributed by atoms with Crippen LogP contribution < -0.4 is 19.7 Å². The van der Waals surface area contributed by atoms with Crippen molar-refractivity contribution in [2.45, 2.75) is 13.8 Å². The van der Waals surface area contributed by atoms with Crippen molar-refractivity contribution in [3.8, 4) is 33.8 Å². The molecule has 172 valence electrons. The maximum absolute atomic E-state index is 14.2. The number of rotatable bonds is 3. The highest BCUT2D eigenvalue weighted by molar-refractivity contribution is 7.71. The Morgan fingerprint density at radius 1 is 0.500 bits per heavy atom. The first-order valence-corrected chi connectivity index (χ1v) is 15.1. The van der Waals surface area contributed by atoms with Crippen molar-refractivity contribution >= 4 is 25.3 Å². The maximum Gasteiger partial charge on any atom is 0.278 e. The summed E-state index contributed by atoms with van der Waals surface area (Å²) in [5, 5.41) is 1.35. The third-order valence-electron chi connectivity index (χ3n) is 6.08. The van der Waals surface area contributed by atoms with Crippen molar-refractivity contribution in [2.24, 2.45) is 0 Å². The lowest BCUT2D eigenvalue weighted by Gasteiger charge is -2.32. The number of hydrogen-bond acceptors (Lipinski definition) is 4. The molecule has 2 aliphatic heterocycles. The lowest BCUT2D eigenvalue weighted by atomic mass is 10.0. The first kappa shape index (κ1) is 22.7. The number of fused-ring (bicyclic) bond motifs is 6. The van der Waals surface area contributed by atoms with E-state index in [0.29, 0.717) is 22.1 Å². The summed E-state index contributed by atoms with van der Waals surface area (Å²) < 4.78 is 40.6. The summed E-state index contributed by atoms with van der Waals surface area (Å²) in [5.74, 6) is 1.20. The van der Waals surface area contributed by atoms with Gasteiger partial charge in [0.1, 0.15) is 11.5 Å². The lowest BCUT2D eigenvalue weighted by Crippen LogP contribution is -2.25. The molecule has 0 amide bonds. The summed E-state index contributed by atoms with van der Waals surface area (Å²) in [6, 6.07) is 30.5. The molecule has 2 aliphatic rings. The second-order valence-electron chi connectivity index (χ2n) is 8.00. The normalized spacial score (nSPS) is 21.2. The van der Waals surface area contributed by atoms with Gasteiger partial charge in [0.15, 0.2) is 0 Å². The molecule has 2 unspecified atom stereocenters. The highest BCUT2D eigenvalue weighted by Crippen LogP contribution is 2.60. The van der Waals surface area contributed by atoms with Crippen LogP contribution in [-0.4, -0.2) is 12.3 Å². The second-order valence-corrected chi connectivity index (χ2v) is 12.9. The largest absolute Gasteiger partial charge is 0.439 e. The van der Waals surface area contributed by atoms with Gasteiger partial charge in [0.2, 0.25) is 0 Å². The van der Waals surface area contributed by atoms with E-state index in [4.69, 9.17) is 9.05 Å². The molecule has 0 saturated carbocycles. The van der Waals surface area contributed by atoms with Gasteiger partial charge in [-0.15, -0.1) is 0 Å². The summed E-state index contributed by atoms with van der Waals surface area (Å²) >= 11 is 0. The molecule has 0 saturated heterocycles. The predicted octanol–water partition coefficient (Wildman–Crippen LogP) is 7.34. The molecule has 34 heavy (non-hydrogen) atoms. The lowest BCUT2D eigenvalue weighted by molar-refractivity contribution is 0.482. The Labute approximate surface area is 200 Å². The zero-order chi connectivity index (χ0) is 23.8. The Bertz CT molecular complexity index is 1350. The SMILES string of the molecule is CC.O=P1(CCP2(=O)Oc3ccccc3-c3ccccc32)Oc2ccccc2-c2ccccc21. The van der Waals surface area contributed by atoms with Crippen LogP contribution in [-0.2, 0) is 9.13 Å². The van der Waals surface area contributed by atoms with E-state index >= 15 is 0 Å². The molecule has 0 radical (unpaired) electrons. The van der Waals surface area contributed by atoms with Gasteiger partial charge in [-0.25, -0.2) is 0 Å². The fourth-order valence-corrected chi connectivity index (χ4v) is 10.2. The van der Waals surface area contributed by atoms with E-state index in [1.165, 1.54) is 0 Å². The third-order valence-corrected chi connectivity index (χ3v) is 11.3.